The number of benzene rings is 3. The van der Waals surface area contributed by atoms with Gasteiger partial charge in [0, 0.05) is 26.8 Å². The minimum atomic E-state index is -0.0830. The van der Waals surface area contributed by atoms with Gasteiger partial charge in [-0.3, -0.25) is 4.79 Å². The van der Waals surface area contributed by atoms with Crippen LogP contribution in [0.1, 0.15) is 43.9 Å². The van der Waals surface area contributed by atoms with Crippen molar-refractivity contribution in [2.75, 3.05) is 5.32 Å². The summed E-state index contributed by atoms with van der Waals surface area (Å²) in [6, 6.07) is 21.1. The number of anilines is 1. The van der Waals surface area contributed by atoms with Gasteiger partial charge >= 0.3 is 0 Å². The zero-order valence-corrected chi connectivity index (χ0v) is 18.2. The molecule has 1 aliphatic carbocycles. The monoisotopic (exact) mass is 479 g/mol. The number of hydrogen-bond acceptors (Lipinski definition) is 2. The lowest BCUT2D eigenvalue weighted by Gasteiger charge is -2.40. The maximum absolute atomic E-state index is 13.4. The van der Waals surface area contributed by atoms with Crippen molar-refractivity contribution in [3.05, 3.63) is 80.9 Å². The molecule has 0 spiro atoms. The highest BCUT2D eigenvalue weighted by molar-refractivity contribution is 14.1. The van der Waals surface area contributed by atoms with Crippen LogP contribution in [-0.4, -0.2) is 5.78 Å². The van der Waals surface area contributed by atoms with E-state index in [0.717, 1.165) is 17.7 Å². The van der Waals surface area contributed by atoms with Crippen LogP contribution < -0.4 is 5.32 Å². The van der Waals surface area contributed by atoms with Crippen LogP contribution in [0.3, 0.4) is 0 Å². The van der Waals surface area contributed by atoms with E-state index in [1.165, 1.54) is 31.0 Å². The molecule has 1 N–H and O–H groups in total. The summed E-state index contributed by atoms with van der Waals surface area (Å²) in [6.07, 6.45) is 1.53. The molecule has 0 aromatic heterocycles. The zero-order chi connectivity index (χ0) is 19.5. The van der Waals surface area contributed by atoms with Crippen LogP contribution in [-0.2, 0) is 4.79 Å². The molecule has 2 aliphatic rings. The fraction of sp³-hybridized carbons (Fsp3) is 0.240. The Morgan fingerprint density at radius 1 is 0.964 bits per heavy atom. The third-order valence-electron chi connectivity index (χ3n) is 5.96. The van der Waals surface area contributed by atoms with Crippen LogP contribution in [0.15, 0.2) is 66.2 Å². The van der Waals surface area contributed by atoms with Gasteiger partial charge in [-0.25, -0.2) is 0 Å². The molecule has 3 aromatic carbocycles. The largest absolute Gasteiger partial charge is 0.373 e. The fourth-order valence-corrected chi connectivity index (χ4v) is 5.48. The number of nitrogens with one attached hydrogen (secondary N) is 1. The van der Waals surface area contributed by atoms with Crippen LogP contribution in [0.5, 0.6) is 0 Å². The van der Waals surface area contributed by atoms with Gasteiger partial charge in [-0.1, -0.05) is 62.4 Å². The average molecular weight is 479 g/mol. The van der Waals surface area contributed by atoms with Crippen molar-refractivity contribution in [3.63, 3.8) is 0 Å². The van der Waals surface area contributed by atoms with Gasteiger partial charge in [0.2, 0.25) is 0 Å². The molecule has 0 fully saturated rings. The van der Waals surface area contributed by atoms with E-state index in [1.807, 2.05) is 0 Å². The summed E-state index contributed by atoms with van der Waals surface area (Å²) in [6.45, 7) is 4.42. The van der Waals surface area contributed by atoms with Gasteiger partial charge < -0.3 is 5.32 Å². The summed E-state index contributed by atoms with van der Waals surface area (Å²) < 4.78 is 1.19. The molecule has 0 bridgehead atoms. The molecule has 2 nitrogen and oxygen atoms in total. The van der Waals surface area contributed by atoms with Crippen LogP contribution in [0.25, 0.3) is 16.3 Å². The van der Waals surface area contributed by atoms with Gasteiger partial charge in [-0.05, 0) is 68.5 Å². The first-order chi connectivity index (χ1) is 13.4. The Kier molecular flexibility index (Phi) is 4.13. The highest BCUT2D eigenvalue weighted by Crippen LogP contribution is 2.52. The number of carbonyl (C=O) groups excluding carboxylic acids is 1. The molecule has 1 heterocycles. The van der Waals surface area contributed by atoms with E-state index in [-0.39, 0.29) is 17.2 Å². The van der Waals surface area contributed by atoms with Gasteiger partial charge in [-0.15, -0.1) is 0 Å². The van der Waals surface area contributed by atoms with E-state index < -0.39 is 0 Å². The van der Waals surface area contributed by atoms with Crippen molar-refractivity contribution in [2.24, 2.45) is 5.41 Å². The van der Waals surface area contributed by atoms with E-state index in [9.17, 15) is 4.79 Å². The fourth-order valence-electron chi connectivity index (χ4n) is 4.78. The molecule has 1 aliphatic heterocycles. The molecule has 3 heteroatoms. The van der Waals surface area contributed by atoms with Gasteiger partial charge in [0.25, 0.3) is 0 Å². The molecule has 1 atom stereocenters. The van der Waals surface area contributed by atoms with Crippen molar-refractivity contribution < 1.29 is 4.79 Å². The summed E-state index contributed by atoms with van der Waals surface area (Å²) in [7, 11) is 0. The highest BCUT2D eigenvalue weighted by atomic mass is 127. The lowest BCUT2D eigenvalue weighted by atomic mass is 9.68. The molecule has 0 saturated heterocycles. The molecule has 0 amide bonds. The summed E-state index contributed by atoms with van der Waals surface area (Å²) in [4.78, 5) is 13.4. The SMILES string of the molecule is CC1(C)CC(=O)C2=C(C1)c1c(ccc3ccccc13)NC2c1ccccc1I. The van der Waals surface area contributed by atoms with Crippen molar-refractivity contribution >= 4 is 50.4 Å². The lowest BCUT2D eigenvalue weighted by Crippen LogP contribution is -2.33. The van der Waals surface area contributed by atoms with E-state index in [4.69, 9.17) is 0 Å². The Balaban J connectivity index is 1.83. The van der Waals surface area contributed by atoms with Crippen molar-refractivity contribution in [2.45, 2.75) is 32.7 Å². The smallest absolute Gasteiger partial charge is 0.162 e. The first-order valence-corrected chi connectivity index (χ1v) is 10.8. The Bertz CT molecular complexity index is 1160. The lowest BCUT2D eigenvalue weighted by molar-refractivity contribution is -0.118. The quantitative estimate of drug-likeness (QED) is 0.391. The molecule has 140 valence electrons. The average Bonchev–Trinajstić information content (AvgIpc) is 2.66. The normalized spacial score (nSPS) is 20.5. The number of carbonyl (C=O) groups is 1. The van der Waals surface area contributed by atoms with Crippen LogP contribution in [0.4, 0.5) is 5.69 Å². The summed E-state index contributed by atoms with van der Waals surface area (Å²) in [5, 5.41) is 6.17. The number of allylic oxidation sites excluding steroid dienone is 1. The number of rotatable bonds is 1. The summed E-state index contributed by atoms with van der Waals surface area (Å²) in [5.41, 5.74) is 5.71. The number of Topliss-reactive ketones (excluding diaryl/α,β-unsaturated/α-hetero) is 1. The van der Waals surface area contributed by atoms with Crippen LogP contribution in [0, 0.1) is 8.99 Å². The van der Waals surface area contributed by atoms with E-state index in [2.05, 4.69) is 102 Å². The minimum absolute atomic E-state index is 0.0180. The maximum Gasteiger partial charge on any atom is 0.162 e. The second kappa shape index (κ2) is 6.45. The summed E-state index contributed by atoms with van der Waals surface area (Å²) in [5.74, 6) is 0.280. The van der Waals surface area contributed by atoms with Gasteiger partial charge in [0.1, 0.15) is 0 Å². The van der Waals surface area contributed by atoms with Gasteiger partial charge in [-0.2, -0.15) is 0 Å². The Morgan fingerprint density at radius 3 is 2.54 bits per heavy atom. The third-order valence-corrected chi connectivity index (χ3v) is 6.94. The first-order valence-electron chi connectivity index (χ1n) is 9.74. The van der Waals surface area contributed by atoms with Crippen molar-refractivity contribution in [1.82, 2.24) is 0 Å². The second-order valence-corrected chi connectivity index (χ2v) is 9.80. The molecule has 5 rings (SSSR count). The van der Waals surface area contributed by atoms with Crippen molar-refractivity contribution in [1.29, 1.82) is 0 Å². The Labute approximate surface area is 179 Å². The Hall–Kier alpha value is -2.14. The van der Waals surface area contributed by atoms with Gasteiger partial charge in [0.05, 0.1) is 6.04 Å². The predicted octanol–water partition coefficient (Wildman–Crippen LogP) is 6.75. The standard InChI is InChI=1S/C25H22INO/c1-25(2)13-18-22-16-8-4-3-7-15(16)11-12-20(22)27-24(23(18)21(28)14-25)17-9-5-6-10-19(17)26/h3-12,24,27H,13-14H2,1-2H3. The number of fused-ring (bicyclic) bond motifs is 4. The second-order valence-electron chi connectivity index (χ2n) is 8.64. The summed E-state index contributed by atoms with van der Waals surface area (Å²) >= 11 is 2.38. The molecular formula is C25H22INO. The molecule has 0 saturated carbocycles. The molecule has 28 heavy (non-hydrogen) atoms. The molecule has 1 unspecified atom stereocenters. The minimum Gasteiger partial charge on any atom is -0.373 e. The molecular weight excluding hydrogens is 457 g/mol. The first kappa shape index (κ1) is 17.9. The number of hydrogen-bond donors (Lipinski definition) is 1. The van der Waals surface area contributed by atoms with E-state index >= 15 is 0 Å². The zero-order valence-electron chi connectivity index (χ0n) is 16.1. The third kappa shape index (κ3) is 2.79. The maximum atomic E-state index is 13.4. The molecule has 3 aromatic rings. The van der Waals surface area contributed by atoms with E-state index in [1.54, 1.807) is 0 Å². The Morgan fingerprint density at radius 2 is 1.71 bits per heavy atom. The van der Waals surface area contributed by atoms with Gasteiger partial charge in [0.15, 0.2) is 5.78 Å². The number of ketones is 1. The van der Waals surface area contributed by atoms with Crippen molar-refractivity contribution in [3.8, 4) is 0 Å². The van der Waals surface area contributed by atoms with E-state index in [0.29, 0.717) is 6.42 Å². The molecule has 0 radical (unpaired) electrons. The van der Waals surface area contributed by atoms with Crippen LogP contribution >= 0.6 is 22.6 Å². The predicted molar refractivity (Wildman–Crippen MR) is 124 cm³/mol. The van der Waals surface area contributed by atoms with Crippen LogP contribution in [0.2, 0.25) is 0 Å². The highest BCUT2D eigenvalue weighted by Gasteiger charge is 2.41. The topological polar surface area (TPSA) is 29.1 Å². The number of halogens is 1.